The van der Waals surface area contributed by atoms with Crippen LogP contribution in [0.4, 0.5) is 5.69 Å². The summed E-state index contributed by atoms with van der Waals surface area (Å²) in [5.74, 6) is 0.553. The highest BCUT2D eigenvalue weighted by molar-refractivity contribution is 7.98. The van der Waals surface area contributed by atoms with Crippen molar-refractivity contribution in [2.45, 2.75) is 29.7 Å². The van der Waals surface area contributed by atoms with Gasteiger partial charge in [-0.05, 0) is 36.2 Å². The molecule has 2 N–H and O–H groups in total. The molecule has 1 atom stereocenters. The number of benzene rings is 1. The van der Waals surface area contributed by atoms with Gasteiger partial charge in [0.05, 0.1) is 5.03 Å². The maximum Gasteiger partial charge on any atom is 0.246 e. The third kappa shape index (κ3) is 4.32. The van der Waals surface area contributed by atoms with Crippen molar-refractivity contribution >= 4 is 29.3 Å². The summed E-state index contributed by atoms with van der Waals surface area (Å²) in [7, 11) is 0. The van der Waals surface area contributed by atoms with Gasteiger partial charge in [0.2, 0.25) is 11.8 Å². The number of anilines is 1. The third-order valence-corrected chi connectivity index (χ3v) is 4.55. The van der Waals surface area contributed by atoms with Crippen LogP contribution < -0.4 is 10.6 Å². The average molecular weight is 327 g/mol. The summed E-state index contributed by atoms with van der Waals surface area (Å²) in [5.41, 5.74) is 1.85. The first-order valence-corrected chi connectivity index (χ1v) is 8.42. The molecule has 1 aliphatic rings. The van der Waals surface area contributed by atoms with Gasteiger partial charge in [0.15, 0.2) is 0 Å². The average Bonchev–Trinajstić information content (AvgIpc) is 3.01. The van der Waals surface area contributed by atoms with E-state index in [1.165, 1.54) is 0 Å². The minimum absolute atomic E-state index is 0.0642. The highest BCUT2D eigenvalue weighted by Crippen LogP contribution is 2.22. The Bertz CT molecular complexity index is 706. The molecule has 0 radical (unpaired) electrons. The Balaban J connectivity index is 1.58. The Hall–Kier alpha value is -2.34. The molecule has 5 nitrogen and oxygen atoms in total. The molecule has 0 aliphatic carbocycles. The third-order valence-electron chi connectivity index (χ3n) is 3.53. The van der Waals surface area contributed by atoms with Gasteiger partial charge in [-0.3, -0.25) is 9.59 Å². The lowest BCUT2D eigenvalue weighted by molar-refractivity contribution is -0.122. The number of pyridine rings is 1. The van der Waals surface area contributed by atoms with Crippen LogP contribution >= 0.6 is 11.8 Å². The van der Waals surface area contributed by atoms with Gasteiger partial charge < -0.3 is 10.6 Å². The molecule has 1 unspecified atom stereocenters. The molecule has 1 saturated heterocycles. The number of rotatable bonds is 5. The number of aromatic nitrogens is 1. The maximum atomic E-state index is 12.1. The van der Waals surface area contributed by atoms with Crippen molar-refractivity contribution in [3.8, 4) is 0 Å². The number of carbonyl (C=O) groups is 2. The van der Waals surface area contributed by atoms with E-state index in [2.05, 4.69) is 15.6 Å². The minimum Gasteiger partial charge on any atom is -0.344 e. The smallest absolute Gasteiger partial charge is 0.246 e. The first-order valence-electron chi connectivity index (χ1n) is 7.44. The second-order valence-electron chi connectivity index (χ2n) is 5.31. The number of thioether (sulfide) groups is 1. The van der Waals surface area contributed by atoms with Crippen LogP contribution in [0.15, 0.2) is 53.7 Å². The normalized spacial score (nSPS) is 16.9. The number of hydrogen-bond acceptors (Lipinski definition) is 4. The van der Waals surface area contributed by atoms with Crippen molar-refractivity contribution in [3.63, 3.8) is 0 Å². The van der Waals surface area contributed by atoms with Crippen LogP contribution in [-0.2, 0) is 15.3 Å². The van der Waals surface area contributed by atoms with E-state index in [0.717, 1.165) is 22.0 Å². The summed E-state index contributed by atoms with van der Waals surface area (Å²) in [5, 5.41) is 6.50. The van der Waals surface area contributed by atoms with Crippen LogP contribution in [0.2, 0.25) is 0 Å². The number of nitrogens with zero attached hydrogens (tertiary/aromatic N) is 1. The van der Waals surface area contributed by atoms with E-state index in [0.29, 0.717) is 12.8 Å². The van der Waals surface area contributed by atoms with Gasteiger partial charge in [-0.2, -0.15) is 0 Å². The molecule has 0 saturated carbocycles. The molecule has 1 aromatic heterocycles. The van der Waals surface area contributed by atoms with Crippen molar-refractivity contribution in [3.05, 3.63) is 54.2 Å². The SMILES string of the molecule is O=C1CCC(C(=O)Nc2cccc(CSc3ccccn3)c2)N1. The predicted molar refractivity (Wildman–Crippen MR) is 90.0 cm³/mol. The van der Waals surface area contributed by atoms with Crippen LogP contribution in [-0.4, -0.2) is 22.8 Å². The lowest BCUT2D eigenvalue weighted by Crippen LogP contribution is -2.37. The Kier molecular flexibility index (Phi) is 4.92. The molecular weight excluding hydrogens is 310 g/mol. The monoisotopic (exact) mass is 327 g/mol. The molecule has 6 heteroatoms. The first kappa shape index (κ1) is 15.6. The fourth-order valence-electron chi connectivity index (χ4n) is 2.37. The van der Waals surface area contributed by atoms with Crippen molar-refractivity contribution < 1.29 is 9.59 Å². The summed E-state index contributed by atoms with van der Waals surface area (Å²) in [6.45, 7) is 0. The lowest BCUT2D eigenvalue weighted by atomic mass is 10.2. The molecular formula is C17H17N3O2S. The number of carbonyl (C=O) groups excluding carboxylic acids is 2. The molecule has 2 heterocycles. The molecule has 0 bridgehead atoms. The molecule has 0 spiro atoms. The second-order valence-corrected chi connectivity index (χ2v) is 6.30. The Morgan fingerprint density at radius 3 is 2.96 bits per heavy atom. The zero-order valence-corrected chi connectivity index (χ0v) is 13.3. The Labute approximate surface area is 138 Å². The maximum absolute atomic E-state index is 12.1. The van der Waals surface area contributed by atoms with Gasteiger partial charge in [0.1, 0.15) is 6.04 Å². The highest BCUT2D eigenvalue weighted by Gasteiger charge is 2.27. The zero-order valence-electron chi connectivity index (χ0n) is 12.5. The molecule has 3 rings (SSSR count). The van der Waals surface area contributed by atoms with Crippen molar-refractivity contribution in [2.75, 3.05) is 5.32 Å². The first-order chi connectivity index (χ1) is 11.2. The number of nitrogens with one attached hydrogen (secondary N) is 2. The highest BCUT2D eigenvalue weighted by atomic mass is 32.2. The second kappa shape index (κ2) is 7.28. The number of amides is 2. The van der Waals surface area contributed by atoms with Crippen LogP contribution in [0.25, 0.3) is 0 Å². The van der Waals surface area contributed by atoms with E-state index in [1.807, 2.05) is 42.5 Å². The summed E-state index contributed by atoms with van der Waals surface area (Å²) in [4.78, 5) is 27.6. The van der Waals surface area contributed by atoms with E-state index in [1.54, 1.807) is 18.0 Å². The van der Waals surface area contributed by atoms with Crippen LogP contribution in [0.3, 0.4) is 0 Å². The van der Waals surface area contributed by atoms with Gasteiger partial charge >= 0.3 is 0 Å². The summed E-state index contributed by atoms with van der Waals surface area (Å²) < 4.78 is 0. The van der Waals surface area contributed by atoms with Crippen molar-refractivity contribution in [1.82, 2.24) is 10.3 Å². The fourth-order valence-corrected chi connectivity index (χ4v) is 3.17. The summed E-state index contributed by atoms with van der Waals surface area (Å²) in [6, 6.07) is 13.1. The van der Waals surface area contributed by atoms with Crippen LogP contribution in [0, 0.1) is 0 Å². The Morgan fingerprint density at radius 2 is 2.22 bits per heavy atom. The van der Waals surface area contributed by atoms with E-state index < -0.39 is 6.04 Å². The van der Waals surface area contributed by atoms with Crippen LogP contribution in [0.5, 0.6) is 0 Å². The summed E-state index contributed by atoms with van der Waals surface area (Å²) in [6.07, 6.45) is 2.74. The molecule has 23 heavy (non-hydrogen) atoms. The van der Waals surface area contributed by atoms with Gasteiger partial charge in [0, 0.05) is 24.1 Å². The Morgan fingerprint density at radius 1 is 1.30 bits per heavy atom. The molecule has 2 amide bonds. The molecule has 1 aliphatic heterocycles. The van der Waals surface area contributed by atoms with Gasteiger partial charge in [0.25, 0.3) is 0 Å². The molecule has 118 valence electrons. The van der Waals surface area contributed by atoms with E-state index >= 15 is 0 Å². The van der Waals surface area contributed by atoms with E-state index in [-0.39, 0.29) is 11.8 Å². The topological polar surface area (TPSA) is 71.1 Å². The zero-order chi connectivity index (χ0) is 16.1. The lowest BCUT2D eigenvalue weighted by Gasteiger charge is -2.11. The van der Waals surface area contributed by atoms with Gasteiger partial charge in [-0.25, -0.2) is 4.98 Å². The van der Waals surface area contributed by atoms with Gasteiger partial charge in [-0.15, -0.1) is 11.8 Å². The molecule has 1 aromatic carbocycles. The van der Waals surface area contributed by atoms with Gasteiger partial charge in [-0.1, -0.05) is 18.2 Å². The molecule has 2 aromatic rings. The molecule has 1 fully saturated rings. The summed E-state index contributed by atoms with van der Waals surface area (Å²) >= 11 is 1.65. The standard InChI is InChI=1S/C17H17N3O2S/c21-15-8-7-14(20-15)17(22)19-13-5-3-4-12(10-13)11-23-16-6-1-2-9-18-16/h1-6,9-10,14H,7-8,11H2,(H,19,22)(H,20,21). The minimum atomic E-state index is -0.422. The van der Waals surface area contributed by atoms with Crippen LogP contribution in [0.1, 0.15) is 18.4 Å². The van der Waals surface area contributed by atoms with E-state index in [4.69, 9.17) is 0 Å². The van der Waals surface area contributed by atoms with E-state index in [9.17, 15) is 9.59 Å². The predicted octanol–water partition coefficient (Wildman–Crippen LogP) is 2.59. The number of hydrogen-bond donors (Lipinski definition) is 2. The van der Waals surface area contributed by atoms with Crippen molar-refractivity contribution in [2.24, 2.45) is 0 Å². The quantitative estimate of drug-likeness (QED) is 0.828. The largest absolute Gasteiger partial charge is 0.344 e. The fraction of sp³-hybridized carbons (Fsp3) is 0.235. The van der Waals surface area contributed by atoms with Crippen molar-refractivity contribution in [1.29, 1.82) is 0 Å².